The summed E-state index contributed by atoms with van der Waals surface area (Å²) in [7, 11) is 1.59. The normalized spacial score (nSPS) is 34.7. The molecule has 0 unspecified atom stereocenters. The fourth-order valence-corrected chi connectivity index (χ4v) is 2.95. The maximum absolute atomic E-state index is 11.5. The van der Waals surface area contributed by atoms with Crippen molar-refractivity contribution >= 4 is 5.91 Å². The second-order valence-corrected chi connectivity index (χ2v) is 5.56. The molecular weight excluding hydrogens is 286 g/mol. The molecule has 0 aliphatic carbocycles. The van der Waals surface area contributed by atoms with Gasteiger partial charge in [0.1, 0.15) is 12.2 Å². The van der Waals surface area contributed by atoms with Gasteiger partial charge in [-0.1, -0.05) is 30.3 Å². The van der Waals surface area contributed by atoms with Crippen molar-refractivity contribution in [3.05, 3.63) is 35.9 Å². The summed E-state index contributed by atoms with van der Waals surface area (Å²) >= 11 is 0. The van der Waals surface area contributed by atoms with Crippen molar-refractivity contribution in [1.82, 2.24) is 5.32 Å². The second kappa shape index (κ2) is 6.75. The lowest BCUT2D eigenvalue weighted by Gasteiger charge is -2.45. The third-order valence-corrected chi connectivity index (χ3v) is 3.95. The van der Waals surface area contributed by atoms with Crippen LogP contribution in [0.4, 0.5) is 0 Å². The minimum absolute atomic E-state index is 0.0909. The first kappa shape index (κ1) is 15.4. The van der Waals surface area contributed by atoms with Crippen LogP contribution in [0.1, 0.15) is 25.2 Å². The molecule has 2 fully saturated rings. The molecule has 5 atom stereocenters. The van der Waals surface area contributed by atoms with Gasteiger partial charge < -0.3 is 24.3 Å². The molecule has 2 aliphatic rings. The Morgan fingerprint density at radius 1 is 1.27 bits per heavy atom. The maximum Gasteiger partial charge on any atom is 0.217 e. The monoisotopic (exact) mass is 307 g/mol. The van der Waals surface area contributed by atoms with Crippen LogP contribution in [-0.4, -0.2) is 44.2 Å². The first-order chi connectivity index (χ1) is 10.7. The van der Waals surface area contributed by atoms with Crippen LogP contribution >= 0.6 is 0 Å². The third kappa shape index (κ3) is 3.30. The number of ether oxygens (including phenoxy) is 4. The number of carbonyl (C=O) groups is 1. The molecule has 0 spiro atoms. The molecule has 3 rings (SSSR count). The minimum atomic E-state index is -0.443. The molecule has 1 amide bonds. The Morgan fingerprint density at radius 2 is 2.05 bits per heavy atom. The van der Waals surface area contributed by atoms with E-state index in [-0.39, 0.29) is 30.4 Å². The van der Waals surface area contributed by atoms with Crippen molar-refractivity contribution in [2.24, 2.45) is 0 Å². The Bertz CT molecular complexity index is 509. The lowest BCUT2D eigenvalue weighted by molar-refractivity contribution is -0.319. The molecule has 2 aliphatic heterocycles. The number of nitrogens with one attached hydrogen (secondary N) is 1. The second-order valence-electron chi connectivity index (χ2n) is 5.56. The van der Waals surface area contributed by atoms with E-state index in [9.17, 15) is 4.79 Å². The van der Waals surface area contributed by atoms with Gasteiger partial charge in [-0.3, -0.25) is 4.79 Å². The molecule has 2 saturated heterocycles. The van der Waals surface area contributed by atoms with Crippen LogP contribution in [0.15, 0.2) is 30.3 Å². The molecule has 6 nitrogen and oxygen atoms in total. The molecule has 2 heterocycles. The molecule has 1 N–H and O–H groups in total. The van der Waals surface area contributed by atoms with Gasteiger partial charge in [-0.15, -0.1) is 0 Å². The molecule has 0 aromatic heterocycles. The van der Waals surface area contributed by atoms with E-state index < -0.39 is 6.29 Å². The topological polar surface area (TPSA) is 66.0 Å². The van der Waals surface area contributed by atoms with E-state index in [0.717, 1.165) is 5.56 Å². The van der Waals surface area contributed by atoms with Crippen LogP contribution in [0.2, 0.25) is 0 Å². The SMILES string of the molecule is CO[C@@H]1C[C@@H](NC(C)=O)[C@H]2O[C@H](c3ccccc3)OC[C@@H]2O1. The highest BCUT2D eigenvalue weighted by molar-refractivity contribution is 5.73. The van der Waals surface area contributed by atoms with E-state index >= 15 is 0 Å². The van der Waals surface area contributed by atoms with Gasteiger partial charge in [0, 0.05) is 26.0 Å². The van der Waals surface area contributed by atoms with Crippen molar-refractivity contribution in [3.63, 3.8) is 0 Å². The molecule has 120 valence electrons. The fraction of sp³-hybridized carbons (Fsp3) is 0.562. The van der Waals surface area contributed by atoms with Gasteiger partial charge in [0.2, 0.25) is 5.91 Å². The lowest BCUT2D eigenvalue weighted by atomic mass is 9.97. The van der Waals surface area contributed by atoms with Gasteiger partial charge >= 0.3 is 0 Å². The van der Waals surface area contributed by atoms with Crippen LogP contribution < -0.4 is 5.32 Å². The zero-order valence-electron chi connectivity index (χ0n) is 12.7. The first-order valence-corrected chi connectivity index (χ1v) is 7.44. The Morgan fingerprint density at radius 3 is 2.73 bits per heavy atom. The average Bonchev–Trinajstić information content (AvgIpc) is 2.54. The average molecular weight is 307 g/mol. The molecule has 22 heavy (non-hydrogen) atoms. The summed E-state index contributed by atoms with van der Waals surface area (Å²) in [6, 6.07) is 9.59. The van der Waals surface area contributed by atoms with Gasteiger partial charge in [-0.25, -0.2) is 0 Å². The molecule has 1 aromatic rings. The van der Waals surface area contributed by atoms with Crippen LogP contribution in [0.25, 0.3) is 0 Å². The molecular formula is C16H21NO5. The number of rotatable bonds is 3. The number of fused-ring (bicyclic) bond motifs is 1. The van der Waals surface area contributed by atoms with E-state index in [1.54, 1.807) is 7.11 Å². The number of methoxy groups -OCH3 is 1. The smallest absolute Gasteiger partial charge is 0.217 e. The predicted molar refractivity (Wildman–Crippen MR) is 77.9 cm³/mol. The largest absolute Gasteiger partial charge is 0.356 e. The molecule has 0 bridgehead atoms. The van der Waals surface area contributed by atoms with Crippen molar-refractivity contribution in [2.45, 2.75) is 44.2 Å². The Hall–Kier alpha value is -1.47. The van der Waals surface area contributed by atoms with Crippen LogP contribution in [-0.2, 0) is 23.7 Å². The first-order valence-electron chi connectivity index (χ1n) is 7.44. The van der Waals surface area contributed by atoms with Crippen LogP contribution in [0, 0.1) is 0 Å². The van der Waals surface area contributed by atoms with Crippen molar-refractivity contribution in [2.75, 3.05) is 13.7 Å². The third-order valence-electron chi connectivity index (χ3n) is 3.95. The van der Waals surface area contributed by atoms with E-state index in [1.807, 2.05) is 30.3 Å². The standard InChI is InChI=1S/C16H21NO5/c1-10(18)17-12-8-14(19-2)21-13-9-20-16(22-15(12)13)11-6-4-3-5-7-11/h3-7,12-16H,8-9H2,1-2H3,(H,17,18)/t12-,13+,14+,15-,16-/m1/s1. The zero-order chi connectivity index (χ0) is 15.5. The predicted octanol–water partition coefficient (Wildman–Crippen LogP) is 1.37. The highest BCUT2D eigenvalue weighted by Gasteiger charge is 2.44. The van der Waals surface area contributed by atoms with Crippen LogP contribution in [0.5, 0.6) is 0 Å². The van der Waals surface area contributed by atoms with Crippen molar-refractivity contribution in [3.8, 4) is 0 Å². The Labute approximate surface area is 129 Å². The van der Waals surface area contributed by atoms with E-state index in [4.69, 9.17) is 18.9 Å². The van der Waals surface area contributed by atoms with E-state index in [1.165, 1.54) is 6.92 Å². The molecule has 1 aromatic carbocycles. The summed E-state index contributed by atoms with van der Waals surface area (Å²) in [5.41, 5.74) is 0.955. The van der Waals surface area contributed by atoms with Crippen molar-refractivity contribution in [1.29, 1.82) is 0 Å². The molecule has 0 radical (unpaired) electrons. The summed E-state index contributed by atoms with van der Waals surface area (Å²) in [4.78, 5) is 11.5. The Balaban J connectivity index is 1.75. The minimum Gasteiger partial charge on any atom is -0.356 e. The number of amides is 1. The quantitative estimate of drug-likeness (QED) is 0.913. The fourth-order valence-electron chi connectivity index (χ4n) is 2.95. The molecule has 6 heteroatoms. The summed E-state index contributed by atoms with van der Waals surface area (Å²) < 4.78 is 22.9. The Kier molecular flexibility index (Phi) is 4.73. The number of hydrogen-bond acceptors (Lipinski definition) is 5. The number of carbonyl (C=O) groups excluding carboxylic acids is 1. The number of hydrogen-bond donors (Lipinski definition) is 1. The van der Waals surface area contributed by atoms with Gasteiger partial charge in [0.15, 0.2) is 12.6 Å². The van der Waals surface area contributed by atoms with Crippen molar-refractivity contribution < 1.29 is 23.7 Å². The van der Waals surface area contributed by atoms with Gasteiger partial charge in [0.25, 0.3) is 0 Å². The van der Waals surface area contributed by atoms with Gasteiger partial charge in [-0.05, 0) is 0 Å². The highest BCUT2D eigenvalue weighted by atomic mass is 16.7. The van der Waals surface area contributed by atoms with Crippen LogP contribution in [0.3, 0.4) is 0 Å². The summed E-state index contributed by atoms with van der Waals surface area (Å²) in [6.45, 7) is 1.90. The summed E-state index contributed by atoms with van der Waals surface area (Å²) in [6.07, 6.45) is -0.761. The van der Waals surface area contributed by atoms with E-state index in [2.05, 4.69) is 5.32 Å². The summed E-state index contributed by atoms with van der Waals surface area (Å²) in [5.74, 6) is -0.0909. The maximum atomic E-state index is 11.5. The zero-order valence-corrected chi connectivity index (χ0v) is 12.7. The van der Waals surface area contributed by atoms with Gasteiger partial charge in [-0.2, -0.15) is 0 Å². The van der Waals surface area contributed by atoms with E-state index in [0.29, 0.717) is 13.0 Å². The molecule has 0 saturated carbocycles. The number of benzene rings is 1. The van der Waals surface area contributed by atoms with Gasteiger partial charge in [0.05, 0.1) is 12.6 Å². The lowest BCUT2D eigenvalue weighted by Crippen LogP contribution is -2.60. The highest BCUT2D eigenvalue weighted by Crippen LogP contribution is 2.33. The summed E-state index contributed by atoms with van der Waals surface area (Å²) in [5, 5.41) is 2.94.